The van der Waals surface area contributed by atoms with E-state index in [9.17, 15) is 9.90 Å². The number of hydrogen-bond acceptors (Lipinski definition) is 4. The molecule has 0 aliphatic carbocycles. The van der Waals surface area contributed by atoms with Crippen molar-refractivity contribution in [2.75, 3.05) is 38.0 Å². The molecule has 0 radical (unpaired) electrons. The zero-order valence-electron chi connectivity index (χ0n) is 11.5. The maximum atomic E-state index is 12.0. The van der Waals surface area contributed by atoms with E-state index in [4.69, 9.17) is 0 Å². The maximum absolute atomic E-state index is 12.0. The van der Waals surface area contributed by atoms with Gasteiger partial charge in [0.2, 0.25) is 5.91 Å². The molecule has 2 rings (SSSR count). The van der Waals surface area contributed by atoms with Crippen molar-refractivity contribution in [2.45, 2.75) is 13.8 Å². The lowest BCUT2D eigenvalue weighted by Gasteiger charge is -2.26. The number of aromatic hydroxyl groups is 1. The first-order valence-electron chi connectivity index (χ1n) is 6.59. The van der Waals surface area contributed by atoms with Crippen LogP contribution in [0.5, 0.6) is 5.75 Å². The number of piperazine rings is 1. The van der Waals surface area contributed by atoms with Crippen molar-refractivity contribution in [3.63, 3.8) is 0 Å². The molecule has 1 heterocycles. The lowest BCUT2D eigenvalue weighted by molar-refractivity contribution is -0.117. The molecular weight excluding hydrogens is 242 g/mol. The van der Waals surface area contributed by atoms with Gasteiger partial charge in [-0.1, -0.05) is 0 Å². The van der Waals surface area contributed by atoms with Gasteiger partial charge in [-0.3, -0.25) is 9.69 Å². The van der Waals surface area contributed by atoms with Gasteiger partial charge in [-0.15, -0.1) is 0 Å². The fourth-order valence-corrected chi connectivity index (χ4v) is 2.39. The van der Waals surface area contributed by atoms with Crippen LogP contribution in [-0.4, -0.2) is 48.6 Å². The summed E-state index contributed by atoms with van der Waals surface area (Å²) < 4.78 is 0. The van der Waals surface area contributed by atoms with Crippen LogP contribution in [0, 0.1) is 13.8 Å². The van der Waals surface area contributed by atoms with E-state index >= 15 is 0 Å². The first-order valence-corrected chi connectivity index (χ1v) is 6.59. The number of hydrogen-bond donors (Lipinski definition) is 3. The molecule has 1 amide bonds. The number of amides is 1. The summed E-state index contributed by atoms with van der Waals surface area (Å²) in [6, 6.07) is 3.32. The van der Waals surface area contributed by atoms with Crippen LogP contribution in [0.4, 0.5) is 5.69 Å². The number of carbonyl (C=O) groups is 1. The molecule has 0 aromatic heterocycles. The molecule has 0 saturated carbocycles. The van der Waals surface area contributed by atoms with Crippen LogP contribution in [-0.2, 0) is 4.79 Å². The Morgan fingerprint density at radius 1 is 1.32 bits per heavy atom. The molecule has 1 aromatic carbocycles. The van der Waals surface area contributed by atoms with Crippen LogP contribution in [0.2, 0.25) is 0 Å². The quantitative estimate of drug-likeness (QED) is 0.708. The highest BCUT2D eigenvalue weighted by molar-refractivity contribution is 5.93. The van der Waals surface area contributed by atoms with E-state index in [-0.39, 0.29) is 11.7 Å². The van der Waals surface area contributed by atoms with Gasteiger partial charge in [-0.05, 0) is 37.1 Å². The molecule has 0 spiro atoms. The highest BCUT2D eigenvalue weighted by Gasteiger charge is 2.15. The van der Waals surface area contributed by atoms with Crippen molar-refractivity contribution in [1.29, 1.82) is 0 Å². The van der Waals surface area contributed by atoms with E-state index in [2.05, 4.69) is 15.5 Å². The Hall–Kier alpha value is -1.59. The Morgan fingerprint density at radius 2 is 1.89 bits per heavy atom. The summed E-state index contributed by atoms with van der Waals surface area (Å²) in [5.41, 5.74) is 2.57. The third-order valence-electron chi connectivity index (χ3n) is 3.36. The Balaban J connectivity index is 1.98. The summed E-state index contributed by atoms with van der Waals surface area (Å²) in [5.74, 6) is 0.230. The average molecular weight is 263 g/mol. The number of benzene rings is 1. The van der Waals surface area contributed by atoms with Gasteiger partial charge in [0.1, 0.15) is 5.75 Å². The molecule has 1 aliphatic rings. The summed E-state index contributed by atoms with van der Waals surface area (Å²) in [4.78, 5) is 14.2. The Morgan fingerprint density at radius 3 is 2.47 bits per heavy atom. The molecule has 0 unspecified atom stereocenters. The average Bonchev–Trinajstić information content (AvgIpc) is 2.35. The largest absolute Gasteiger partial charge is 0.508 e. The number of nitrogens with zero attached hydrogens (tertiary/aromatic N) is 1. The lowest BCUT2D eigenvalue weighted by Crippen LogP contribution is -2.46. The lowest BCUT2D eigenvalue weighted by atomic mass is 10.1. The van der Waals surface area contributed by atoms with Crippen LogP contribution in [0.1, 0.15) is 11.1 Å². The molecule has 1 aliphatic heterocycles. The highest BCUT2D eigenvalue weighted by atomic mass is 16.3. The fraction of sp³-hybridized carbons (Fsp3) is 0.500. The molecule has 0 bridgehead atoms. The monoisotopic (exact) mass is 263 g/mol. The summed E-state index contributed by atoms with van der Waals surface area (Å²) in [5, 5.41) is 15.7. The molecule has 5 heteroatoms. The SMILES string of the molecule is Cc1cc(O)cc(C)c1NC(=O)CN1CCNCC1. The van der Waals surface area contributed by atoms with Gasteiger partial charge >= 0.3 is 0 Å². The van der Waals surface area contributed by atoms with Crippen LogP contribution < -0.4 is 10.6 Å². The van der Waals surface area contributed by atoms with E-state index < -0.39 is 0 Å². The second kappa shape index (κ2) is 6.04. The van der Waals surface area contributed by atoms with Gasteiger partial charge in [0, 0.05) is 31.9 Å². The normalized spacial score (nSPS) is 16.3. The van der Waals surface area contributed by atoms with Crippen molar-refractivity contribution < 1.29 is 9.90 Å². The first-order chi connectivity index (χ1) is 9.06. The van der Waals surface area contributed by atoms with E-state index in [0.29, 0.717) is 6.54 Å². The second-order valence-corrected chi connectivity index (χ2v) is 5.03. The Bertz CT molecular complexity index is 445. The van der Waals surface area contributed by atoms with Crippen molar-refractivity contribution in [2.24, 2.45) is 0 Å². The smallest absolute Gasteiger partial charge is 0.238 e. The fourth-order valence-electron chi connectivity index (χ4n) is 2.39. The summed E-state index contributed by atoms with van der Waals surface area (Å²) in [6.07, 6.45) is 0. The predicted molar refractivity (Wildman–Crippen MR) is 75.5 cm³/mol. The molecule has 1 aromatic rings. The zero-order valence-corrected chi connectivity index (χ0v) is 11.5. The molecule has 5 nitrogen and oxygen atoms in total. The third-order valence-corrected chi connectivity index (χ3v) is 3.36. The van der Waals surface area contributed by atoms with Crippen LogP contribution in [0.25, 0.3) is 0 Å². The number of phenols is 1. The third kappa shape index (κ3) is 3.68. The highest BCUT2D eigenvalue weighted by Crippen LogP contribution is 2.25. The number of phenolic OH excluding ortho intramolecular Hbond substituents is 1. The standard InChI is InChI=1S/C14H21N3O2/c1-10-7-12(18)8-11(2)14(10)16-13(19)9-17-5-3-15-4-6-17/h7-8,15,18H,3-6,9H2,1-2H3,(H,16,19). The Kier molecular flexibility index (Phi) is 4.39. The predicted octanol–water partition coefficient (Wildman–Crippen LogP) is 0.853. The summed E-state index contributed by atoms with van der Waals surface area (Å²) >= 11 is 0. The van der Waals surface area contributed by atoms with Crippen LogP contribution in [0.15, 0.2) is 12.1 Å². The molecule has 1 saturated heterocycles. The van der Waals surface area contributed by atoms with Crippen molar-refractivity contribution in [3.05, 3.63) is 23.3 Å². The van der Waals surface area contributed by atoms with Crippen molar-refractivity contribution in [3.8, 4) is 5.75 Å². The molecule has 1 fully saturated rings. The molecular formula is C14H21N3O2. The van der Waals surface area contributed by atoms with Gasteiger partial charge < -0.3 is 15.7 Å². The number of aryl methyl sites for hydroxylation is 2. The number of rotatable bonds is 3. The van der Waals surface area contributed by atoms with Crippen LogP contribution in [0.3, 0.4) is 0 Å². The molecule has 0 atom stereocenters. The van der Waals surface area contributed by atoms with Crippen LogP contribution >= 0.6 is 0 Å². The zero-order chi connectivity index (χ0) is 13.8. The second-order valence-electron chi connectivity index (χ2n) is 5.03. The van der Waals surface area contributed by atoms with Gasteiger partial charge in [0.05, 0.1) is 6.54 Å². The minimum absolute atomic E-state index is 0.00112. The van der Waals surface area contributed by atoms with Gasteiger partial charge in [0.15, 0.2) is 0 Å². The van der Waals surface area contributed by atoms with Gasteiger partial charge in [-0.25, -0.2) is 0 Å². The molecule has 104 valence electrons. The summed E-state index contributed by atoms with van der Waals surface area (Å²) in [7, 11) is 0. The number of anilines is 1. The van der Waals surface area contributed by atoms with E-state index in [1.165, 1.54) is 0 Å². The number of carbonyl (C=O) groups excluding carboxylic acids is 1. The maximum Gasteiger partial charge on any atom is 0.238 e. The van der Waals surface area contributed by atoms with Gasteiger partial charge in [0.25, 0.3) is 0 Å². The first kappa shape index (κ1) is 13.8. The summed E-state index contributed by atoms with van der Waals surface area (Å²) in [6.45, 7) is 7.86. The molecule has 19 heavy (non-hydrogen) atoms. The van der Waals surface area contributed by atoms with E-state index in [1.807, 2.05) is 13.8 Å². The topological polar surface area (TPSA) is 64.6 Å². The van der Waals surface area contributed by atoms with E-state index in [1.54, 1.807) is 12.1 Å². The van der Waals surface area contributed by atoms with Gasteiger partial charge in [-0.2, -0.15) is 0 Å². The number of nitrogens with one attached hydrogen (secondary N) is 2. The van der Waals surface area contributed by atoms with E-state index in [0.717, 1.165) is 43.0 Å². The minimum Gasteiger partial charge on any atom is -0.508 e. The Labute approximate surface area is 113 Å². The van der Waals surface area contributed by atoms with Crippen molar-refractivity contribution >= 4 is 11.6 Å². The van der Waals surface area contributed by atoms with Crippen molar-refractivity contribution in [1.82, 2.24) is 10.2 Å². The minimum atomic E-state index is -0.00112. The molecule has 3 N–H and O–H groups in total.